The molecule has 4 nitrogen and oxygen atoms in total. The molecule has 122 valence electrons. The number of rotatable bonds is 10. The van der Waals surface area contributed by atoms with Crippen LogP contribution in [0.3, 0.4) is 0 Å². The van der Waals surface area contributed by atoms with E-state index in [1.165, 1.54) is 15.6 Å². The molecule has 1 aromatic rings. The van der Waals surface area contributed by atoms with Crippen LogP contribution in [0.1, 0.15) is 38.5 Å². The molecule has 21 heavy (non-hydrogen) atoms. The molecule has 1 rings (SSSR count). The summed E-state index contributed by atoms with van der Waals surface area (Å²) in [5, 5.41) is 3.33. The number of thiophene rings is 1. The van der Waals surface area contributed by atoms with Crippen LogP contribution in [-0.2, 0) is 16.4 Å². The summed E-state index contributed by atoms with van der Waals surface area (Å²) >= 11 is 1.39. The Balaban J connectivity index is 2.65. The molecule has 0 saturated heterocycles. The van der Waals surface area contributed by atoms with E-state index in [0.717, 1.165) is 37.2 Å². The molecule has 0 fully saturated rings. The Kier molecular flexibility index (Phi) is 7.87. The van der Waals surface area contributed by atoms with Crippen LogP contribution in [0, 0.1) is 5.92 Å². The van der Waals surface area contributed by atoms with E-state index in [4.69, 9.17) is 0 Å². The minimum atomic E-state index is -3.33. The standard InChI is InChI=1S/C15H28N2O2S2/c1-5-10-16-11-9-14-7-8-15(20-14)21(18,19)17(4)12-13(3)6-2/h7-8,13,16H,5-6,9-12H2,1-4H3. The molecule has 0 aliphatic rings. The molecule has 0 saturated carbocycles. The summed E-state index contributed by atoms with van der Waals surface area (Å²) in [6, 6.07) is 3.67. The Morgan fingerprint density at radius 3 is 2.62 bits per heavy atom. The van der Waals surface area contributed by atoms with Gasteiger partial charge in [-0.15, -0.1) is 11.3 Å². The van der Waals surface area contributed by atoms with Crippen molar-refractivity contribution in [2.75, 3.05) is 26.7 Å². The smallest absolute Gasteiger partial charge is 0.252 e. The summed E-state index contributed by atoms with van der Waals surface area (Å²) in [6.07, 6.45) is 2.98. The van der Waals surface area contributed by atoms with Gasteiger partial charge in [0, 0.05) is 18.5 Å². The molecule has 0 amide bonds. The normalized spacial score (nSPS) is 13.8. The van der Waals surface area contributed by atoms with Crippen molar-refractivity contribution in [3.8, 4) is 0 Å². The molecule has 0 radical (unpaired) electrons. The number of hydrogen-bond acceptors (Lipinski definition) is 4. The molecule has 0 spiro atoms. The number of sulfonamides is 1. The largest absolute Gasteiger partial charge is 0.316 e. The first-order chi connectivity index (χ1) is 9.91. The fraction of sp³-hybridized carbons (Fsp3) is 0.733. The minimum Gasteiger partial charge on any atom is -0.316 e. The van der Waals surface area contributed by atoms with E-state index in [1.54, 1.807) is 13.1 Å². The maximum absolute atomic E-state index is 12.5. The highest BCUT2D eigenvalue weighted by Gasteiger charge is 2.23. The van der Waals surface area contributed by atoms with Gasteiger partial charge in [-0.1, -0.05) is 27.2 Å². The lowest BCUT2D eigenvalue weighted by Gasteiger charge is -2.19. The quantitative estimate of drug-likeness (QED) is 0.670. The maximum Gasteiger partial charge on any atom is 0.252 e. The second kappa shape index (κ2) is 8.88. The molecular formula is C15H28N2O2S2. The summed E-state index contributed by atoms with van der Waals surface area (Å²) in [6.45, 7) is 8.77. The minimum absolute atomic E-state index is 0.377. The van der Waals surface area contributed by atoms with Gasteiger partial charge in [0.15, 0.2) is 0 Å². The van der Waals surface area contributed by atoms with Gasteiger partial charge in [-0.05, 0) is 44.0 Å². The Morgan fingerprint density at radius 2 is 2.00 bits per heavy atom. The third-order valence-electron chi connectivity index (χ3n) is 3.54. The van der Waals surface area contributed by atoms with Gasteiger partial charge in [0.1, 0.15) is 4.21 Å². The summed E-state index contributed by atoms with van der Waals surface area (Å²) in [7, 11) is -1.66. The van der Waals surface area contributed by atoms with Gasteiger partial charge in [0.05, 0.1) is 0 Å². The topological polar surface area (TPSA) is 49.4 Å². The zero-order valence-corrected chi connectivity index (χ0v) is 15.2. The Hall–Kier alpha value is -0.430. The van der Waals surface area contributed by atoms with Crippen molar-refractivity contribution in [3.63, 3.8) is 0 Å². The first kappa shape index (κ1) is 18.6. The highest BCUT2D eigenvalue weighted by molar-refractivity contribution is 7.91. The van der Waals surface area contributed by atoms with E-state index in [0.29, 0.717) is 16.7 Å². The molecule has 1 aromatic heterocycles. The maximum atomic E-state index is 12.5. The predicted octanol–water partition coefficient (Wildman–Crippen LogP) is 2.96. The van der Waals surface area contributed by atoms with E-state index in [9.17, 15) is 8.42 Å². The average molecular weight is 333 g/mol. The van der Waals surface area contributed by atoms with Crippen molar-refractivity contribution in [2.45, 2.75) is 44.2 Å². The van der Waals surface area contributed by atoms with Crippen LogP contribution in [0.15, 0.2) is 16.3 Å². The second-order valence-corrected chi connectivity index (χ2v) is 8.96. The lowest BCUT2D eigenvalue weighted by atomic mass is 10.1. The molecule has 1 N–H and O–H groups in total. The predicted molar refractivity (Wildman–Crippen MR) is 90.5 cm³/mol. The number of nitrogens with one attached hydrogen (secondary N) is 1. The fourth-order valence-electron chi connectivity index (χ4n) is 1.96. The molecule has 0 aliphatic carbocycles. The molecule has 1 heterocycles. The van der Waals surface area contributed by atoms with Gasteiger partial charge in [0.25, 0.3) is 10.0 Å². The van der Waals surface area contributed by atoms with Crippen molar-refractivity contribution in [1.29, 1.82) is 0 Å². The third-order valence-corrected chi connectivity index (χ3v) is 6.98. The van der Waals surface area contributed by atoms with Crippen molar-refractivity contribution >= 4 is 21.4 Å². The summed E-state index contributed by atoms with van der Waals surface area (Å²) in [4.78, 5) is 1.12. The molecule has 0 aromatic carbocycles. The van der Waals surface area contributed by atoms with Gasteiger partial charge in [0.2, 0.25) is 0 Å². The average Bonchev–Trinajstić information content (AvgIpc) is 2.92. The number of nitrogens with zero attached hydrogens (tertiary/aromatic N) is 1. The van der Waals surface area contributed by atoms with Crippen LogP contribution in [0.2, 0.25) is 0 Å². The van der Waals surface area contributed by atoms with E-state index < -0.39 is 10.0 Å². The van der Waals surface area contributed by atoms with Gasteiger partial charge < -0.3 is 5.32 Å². The van der Waals surface area contributed by atoms with Crippen LogP contribution >= 0.6 is 11.3 Å². The van der Waals surface area contributed by atoms with Crippen molar-refractivity contribution in [2.24, 2.45) is 5.92 Å². The Morgan fingerprint density at radius 1 is 1.29 bits per heavy atom. The highest BCUT2D eigenvalue weighted by Crippen LogP contribution is 2.25. The van der Waals surface area contributed by atoms with Crippen molar-refractivity contribution in [1.82, 2.24) is 9.62 Å². The first-order valence-corrected chi connectivity index (χ1v) is 9.93. The van der Waals surface area contributed by atoms with E-state index in [1.807, 2.05) is 6.07 Å². The fourth-order valence-corrected chi connectivity index (χ4v) is 4.82. The number of hydrogen-bond donors (Lipinski definition) is 1. The van der Waals surface area contributed by atoms with E-state index >= 15 is 0 Å². The molecule has 1 unspecified atom stereocenters. The lowest BCUT2D eigenvalue weighted by Crippen LogP contribution is -2.30. The highest BCUT2D eigenvalue weighted by atomic mass is 32.2. The monoisotopic (exact) mass is 332 g/mol. The zero-order chi connectivity index (χ0) is 15.9. The van der Waals surface area contributed by atoms with Crippen LogP contribution < -0.4 is 5.32 Å². The summed E-state index contributed by atoms with van der Waals surface area (Å²) < 4.78 is 26.9. The summed E-state index contributed by atoms with van der Waals surface area (Å²) in [5.74, 6) is 0.377. The van der Waals surface area contributed by atoms with Gasteiger partial charge in [-0.25, -0.2) is 8.42 Å². The summed E-state index contributed by atoms with van der Waals surface area (Å²) in [5.41, 5.74) is 0. The molecular weight excluding hydrogens is 304 g/mol. The van der Waals surface area contributed by atoms with Crippen LogP contribution in [0.5, 0.6) is 0 Å². The van der Waals surface area contributed by atoms with E-state index in [-0.39, 0.29) is 0 Å². The van der Waals surface area contributed by atoms with Crippen molar-refractivity contribution < 1.29 is 8.42 Å². The van der Waals surface area contributed by atoms with Crippen molar-refractivity contribution in [3.05, 3.63) is 17.0 Å². The zero-order valence-electron chi connectivity index (χ0n) is 13.6. The van der Waals surface area contributed by atoms with Gasteiger partial charge in [-0.2, -0.15) is 4.31 Å². The molecule has 0 bridgehead atoms. The lowest BCUT2D eigenvalue weighted by molar-refractivity contribution is 0.394. The Labute approximate surface area is 133 Å². The van der Waals surface area contributed by atoms with E-state index in [2.05, 4.69) is 26.1 Å². The van der Waals surface area contributed by atoms with Gasteiger partial charge in [-0.3, -0.25) is 0 Å². The molecule has 6 heteroatoms. The molecule has 0 aliphatic heterocycles. The Bertz CT molecular complexity index is 511. The van der Waals surface area contributed by atoms with Crippen LogP contribution in [-0.4, -0.2) is 39.4 Å². The molecule has 1 atom stereocenters. The third kappa shape index (κ3) is 5.70. The SMILES string of the molecule is CCCNCCc1ccc(S(=O)(=O)N(C)CC(C)CC)s1. The van der Waals surface area contributed by atoms with Crippen LogP contribution in [0.4, 0.5) is 0 Å². The first-order valence-electron chi connectivity index (χ1n) is 7.67. The van der Waals surface area contributed by atoms with Crippen LogP contribution in [0.25, 0.3) is 0 Å². The van der Waals surface area contributed by atoms with Gasteiger partial charge >= 0.3 is 0 Å². The second-order valence-electron chi connectivity index (χ2n) is 5.52.